The summed E-state index contributed by atoms with van der Waals surface area (Å²) >= 11 is 0. The van der Waals surface area contributed by atoms with Gasteiger partial charge in [-0.1, -0.05) is 25.7 Å². The number of nitrogens with one attached hydrogen (secondary N) is 3. The summed E-state index contributed by atoms with van der Waals surface area (Å²) in [5.74, 6) is 0. The fourth-order valence-corrected chi connectivity index (χ4v) is 2.43. The molecule has 0 atom stereocenters. The number of aromatic amines is 1. The van der Waals surface area contributed by atoms with E-state index in [2.05, 4.69) is 20.8 Å². The molecule has 0 unspecified atom stereocenters. The summed E-state index contributed by atoms with van der Waals surface area (Å²) in [5, 5.41) is 22.4. The monoisotopic (exact) mass is 266 g/mol. The fourth-order valence-electron chi connectivity index (χ4n) is 2.43. The molecule has 2 amide bonds. The first kappa shape index (κ1) is 13.9. The van der Waals surface area contributed by atoms with E-state index in [0.717, 1.165) is 31.4 Å². The highest BCUT2D eigenvalue weighted by atomic mass is 16.3. The molecule has 2 rings (SSSR count). The van der Waals surface area contributed by atoms with Crippen LogP contribution in [0.15, 0.2) is 12.3 Å². The molecule has 6 heteroatoms. The Morgan fingerprint density at radius 1 is 1.32 bits per heavy atom. The summed E-state index contributed by atoms with van der Waals surface area (Å²) in [5.41, 5.74) is 0.116. The zero-order valence-electron chi connectivity index (χ0n) is 11.1. The van der Waals surface area contributed by atoms with E-state index in [9.17, 15) is 9.90 Å². The fraction of sp³-hybridized carbons (Fsp3) is 0.692. The molecular formula is C13H22N4O2. The van der Waals surface area contributed by atoms with E-state index in [-0.39, 0.29) is 6.03 Å². The molecule has 1 saturated carbocycles. The maximum atomic E-state index is 11.6. The molecule has 106 valence electrons. The third kappa shape index (κ3) is 4.55. The summed E-state index contributed by atoms with van der Waals surface area (Å²) in [6, 6.07) is 1.55. The molecule has 1 aliphatic carbocycles. The number of hydrogen-bond donors (Lipinski definition) is 4. The second-order valence-corrected chi connectivity index (χ2v) is 5.26. The van der Waals surface area contributed by atoms with Gasteiger partial charge in [0.05, 0.1) is 17.8 Å². The molecule has 1 aliphatic rings. The summed E-state index contributed by atoms with van der Waals surface area (Å²) in [6.07, 6.45) is 7.61. The molecule has 19 heavy (non-hydrogen) atoms. The Morgan fingerprint density at radius 2 is 2.05 bits per heavy atom. The lowest BCUT2D eigenvalue weighted by Crippen LogP contribution is -2.46. The van der Waals surface area contributed by atoms with Gasteiger partial charge in [-0.15, -0.1) is 0 Å². The molecule has 1 aromatic rings. The van der Waals surface area contributed by atoms with E-state index in [4.69, 9.17) is 0 Å². The van der Waals surface area contributed by atoms with E-state index >= 15 is 0 Å². The van der Waals surface area contributed by atoms with Gasteiger partial charge in [0.2, 0.25) is 0 Å². The van der Waals surface area contributed by atoms with Crippen molar-refractivity contribution in [1.29, 1.82) is 0 Å². The Labute approximate surface area is 113 Å². The van der Waals surface area contributed by atoms with Crippen LogP contribution < -0.4 is 10.6 Å². The number of aliphatic hydroxyl groups is 1. The molecule has 1 heterocycles. The molecule has 4 N–H and O–H groups in total. The van der Waals surface area contributed by atoms with Crippen molar-refractivity contribution in [2.24, 2.45) is 0 Å². The SMILES string of the molecule is O=C(NCc1ccn[nH]1)NCC1(O)CCCCCC1. The number of nitrogens with zero attached hydrogens (tertiary/aromatic N) is 1. The number of amides is 2. The molecule has 0 radical (unpaired) electrons. The highest BCUT2D eigenvalue weighted by Crippen LogP contribution is 2.26. The van der Waals surface area contributed by atoms with Crippen molar-refractivity contribution in [3.8, 4) is 0 Å². The Morgan fingerprint density at radius 3 is 2.68 bits per heavy atom. The van der Waals surface area contributed by atoms with Crippen molar-refractivity contribution < 1.29 is 9.90 Å². The van der Waals surface area contributed by atoms with Crippen molar-refractivity contribution in [3.05, 3.63) is 18.0 Å². The molecule has 1 fully saturated rings. The molecule has 0 aliphatic heterocycles. The third-order valence-corrected chi connectivity index (χ3v) is 3.61. The minimum atomic E-state index is -0.734. The maximum Gasteiger partial charge on any atom is 0.315 e. The second-order valence-electron chi connectivity index (χ2n) is 5.26. The van der Waals surface area contributed by atoms with E-state index < -0.39 is 5.60 Å². The highest BCUT2D eigenvalue weighted by molar-refractivity contribution is 5.73. The van der Waals surface area contributed by atoms with Gasteiger partial charge in [-0.05, 0) is 18.9 Å². The van der Waals surface area contributed by atoms with Crippen LogP contribution in [0, 0.1) is 0 Å². The van der Waals surface area contributed by atoms with E-state index in [1.54, 1.807) is 12.3 Å². The first-order valence-corrected chi connectivity index (χ1v) is 6.90. The number of rotatable bonds is 4. The zero-order valence-corrected chi connectivity index (χ0v) is 11.1. The van der Waals surface area contributed by atoms with Gasteiger partial charge in [0, 0.05) is 12.7 Å². The van der Waals surface area contributed by atoms with Crippen molar-refractivity contribution in [2.75, 3.05) is 6.54 Å². The van der Waals surface area contributed by atoms with Gasteiger partial charge < -0.3 is 15.7 Å². The van der Waals surface area contributed by atoms with Crippen LogP contribution >= 0.6 is 0 Å². The quantitative estimate of drug-likeness (QED) is 0.619. The normalized spacial score (nSPS) is 18.6. The third-order valence-electron chi connectivity index (χ3n) is 3.61. The molecule has 6 nitrogen and oxygen atoms in total. The van der Waals surface area contributed by atoms with Gasteiger partial charge in [0.25, 0.3) is 0 Å². The zero-order chi connectivity index (χ0) is 13.6. The number of hydrogen-bond acceptors (Lipinski definition) is 3. The van der Waals surface area contributed by atoms with Crippen LogP contribution in [-0.2, 0) is 6.54 Å². The minimum absolute atomic E-state index is 0.257. The van der Waals surface area contributed by atoms with E-state index in [1.807, 2.05) is 0 Å². The van der Waals surface area contributed by atoms with Crippen molar-refractivity contribution in [2.45, 2.75) is 50.7 Å². The van der Waals surface area contributed by atoms with Crippen molar-refractivity contribution in [3.63, 3.8) is 0 Å². The van der Waals surface area contributed by atoms with Gasteiger partial charge >= 0.3 is 6.03 Å². The Bertz CT molecular complexity index is 383. The first-order chi connectivity index (χ1) is 9.18. The second kappa shape index (κ2) is 6.56. The van der Waals surface area contributed by atoms with Gasteiger partial charge in [-0.3, -0.25) is 5.10 Å². The smallest absolute Gasteiger partial charge is 0.315 e. The average Bonchev–Trinajstić information content (AvgIpc) is 2.83. The summed E-state index contributed by atoms with van der Waals surface area (Å²) < 4.78 is 0. The lowest BCUT2D eigenvalue weighted by atomic mass is 9.95. The summed E-state index contributed by atoms with van der Waals surface area (Å²) in [7, 11) is 0. The Hall–Kier alpha value is -1.56. The Balaban J connectivity index is 1.70. The highest BCUT2D eigenvalue weighted by Gasteiger charge is 2.28. The maximum absolute atomic E-state index is 11.6. The molecule has 0 saturated heterocycles. The number of H-pyrrole nitrogens is 1. The van der Waals surface area contributed by atoms with Gasteiger partial charge in [-0.25, -0.2) is 4.79 Å². The topological polar surface area (TPSA) is 90.0 Å². The van der Waals surface area contributed by atoms with Crippen LogP contribution in [-0.4, -0.2) is 33.5 Å². The first-order valence-electron chi connectivity index (χ1n) is 6.90. The van der Waals surface area contributed by atoms with Gasteiger partial charge in [-0.2, -0.15) is 5.10 Å². The van der Waals surface area contributed by atoms with Crippen LogP contribution in [0.2, 0.25) is 0 Å². The van der Waals surface area contributed by atoms with Crippen LogP contribution in [0.25, 0.3) is 0 Å². The van der Waals surface area contributed by atoms with Crippen LogP contribution in [0.5, 0.6) is 0 Å². The molecule has 0 bridgehead atoms. The largest absolute Gasteiger partial charge is 0.388 e. The Kier molecular flexibility index (Phi) is 4.79. The number of aromatic nitrogens is 2. The molecule has 0 spiro atoms. The van der Waals surface area contributed by atoms with Crippen LogP contribution in [0.4, 0.5) is 4.79 Å². The molecular weight excluding hydrogens is 244 g/mol. The number of carbonyl (C=O) groups is 1. The van der Waals surface area contributed by atoms with Crippen LogP contribution in [0.3, 0.4) is 0 Å². The standard InChI is InChI=1S/C13H22N4O2/c18-12(14-9-11-5-8-16-17-11)15-10-13(19)6-3-1-2-4-7-13/h5,8,19H,1-4,6-7,9-10H2,(H,16,17)(H2,14,15,18). The predicted octanol–water partition coefficient (Wildman–Crippen LogP) is 1.29. The minimum Gasteiger partial charge on any atom is -0.388 e. The lowest BCUT2D eigenvalue weighted by molar-refractivity contribution is 0.0276. The van der Waals surface area contributed by atoms with Gasteiger partial charge in [0.15, 0.2) is 0 Å². The lowest BCUT2D eigenvalue weighted by Gasteiger charge is -2.26. The molecule has 0 aromatic carbocycles. The number of urea groups is 1. The van der Waals surface area contributed by atoms with Gasteiger partial charge in [0.1, 0.15) is 0 Å². The van der Waals surface area contributed by atoms with E-state index in [0.29, 0.717) is 13.1 Å². The number of carbonyl (C=O) groups excluding carboxylic acids is 1. The summed E-state index contributed by atoms with van der Waals surface area (Å²) in [6.45, 7) is 0.728. The molecule has 1 aromatic heterocycles. The van der Waals surface area contributed by atoms with Crippen molar-refractivity contribution >= 4 is 6.03 Å². The van der Waals surface area contributed by atoms with Crippen molar-refractivity contribution in [1.82, 2.24) is 20.8 Å². The summed E-state index contributed by atoms with van der Waals surface area (Å²) in [4.78, 5) is 11.6. The van der Waals surface area contributed by atoms with E-state index in [1.165, 1.54) is 12.8 Å². The van der Waals surface area contributed by atoms with Crippen LogP contribution in [0.1, 0.15) is 44.2 Å². The average molecular weight is 266 g/mol. The predicted molar refractivity (Wildman–Crippen MR) is 71.5 cm³/mol.